The fourth-order valence-electron chi connectivity index (χ4n) is 7.92. The zero-order valence-corrected chi connectivity index (χ0v) is 34.3. The molecule has 0 aliphatic carbocycles. The van der Waals surface area contributed by atoms with E-state index in [4.69, 9.17) is 4.99 Å². The van der Waals surface area contributed by atoms with Gasteiger partial charge in [-0.25, -0.2) is 0 Å². The van der Waals surface area contributed by atoms with E-state index in [1.54, 1.807) is 13.8 Å². The Labute approximate surface area is 327 Å². The molecule has 290 valence electrons. The number of hydrogen-bond donors (Lipinski definition) is 5. The molecule has 0 fully saturated rings. The number of carbonyl (C=O) groups excluding carboxylic acids is 2. The maximum atomic E-state index is 12.0. The molecule has 3 aromatic carbocycles. The number of amides is 2. The van der Waals surface area contributed by atoms with Gasteiger partial charge in [-0.1, -0.05) is 63.4 Å². The van der Waals surface area contributed by atoms with Crippen molar-refractivity contribution in [2.75, 3.05) is 26.2 Å². The second kappa shape index (κ2) is 18.5. The van der Waals surface area contributed by atoms with E-state index in [1.807, 2.05) is 0 Å². The number of nitrogens with one attached hydrogen (secondary N) is 5. The van der Waals surface area contributed by atoms with Gasteiger partial charge < -0.3 is 26.3 Å². The zero-order chi connectivity index (χ0) is 39.8. The summed E-state index contributed by atoms with van der Waals surface area (Å²) in [6, 6.07) is 15.7. The Morgan fingerprint density at radius 1 is 0.709 bits per heavy atom. The van der Waals surface area contributed by atoms with E-state index in [0.717, 1.165) is 67.0 Å². The first-order chi connectivity index (χ1) is 26.4. The summed E-state index contributed by atoms with van der Waals surface area (Å²) in [6.07, 6.45) is 3.51. The summed E-state index contributed by atoms with van der Waals surface area (Å²) in [7, 11) is 0. The van der Waals surface area contributed by atoms with Gasteiger partial charge in [-0.3, -0.25) is 14.6 Å². The first kappa shape index (κ1) is 41.1. The van der Waals surface area contributed by atoms with Crippen LogP contribution in [0.3, 0.4) is 0 Å². The van der Waals surface area contributed by atoms with E-state index >= 15 is 0 Å². The molecule has 1 aliphatic heterocycles. The lowest BCUT2D eigenvalue weighted by Gasteiger charge is -2.20. The highest BCUT2D eigenvalue weighted by molar-refractivity contribution is 6.08. The zero-order valence-electron chi connectivity index (χ0n) is 34.3. The molecule has 0 radical (unpaired) electrons. The molecule has 55 heavy (non-hydrogen) atoms. The Hall–Kier alpha value is -5.05. The smallest absolute Gasteiger partial charge is 0.246 e. The van der Waals surface area contributed by atoms with Crippen molar-refractivity contribution in [3.05, 3.63) is 123 Å². The summed E-state index contributed by atoms with van der Waals surface area (Å²) < 4.78 is 0. The van der Waals surface area contributed by atoms with Crippen LogP contribution in [0.15, 0.2) is 88.6 Å². The summed E-state index contributed by atoms with van der Waals surface area (Å²) in [4.78, 5) is 33.1. The van der Waals surface area contributed by atoms with Gasteiger partial charge in [0.05, 0.1) is 11.4 Å². The average molecular weight is 741 g/mol. The average Bonchev–Trinajstić information content (AvgIpc) is 3.61. The minimum atomic E-state index is -0.105. The van der Waals surface area contributed by atoms with Gasteiger partial charge in [0.25, 0.3) is 0 Å². The Morgan fingerprint density at radius 3 is 1.75 bits per heavy atom. The van der Waals surface area contributed by atoms with E-state index in [2.05, 4.69) is 123 Å². The number of allylic oxidation sites excluding steroid dienone is 2. The third-order valence-electron chi connectivity index (χ3n) is 10.9. The number of carbonyl (C=O) groups is 2. The fourth-order valence-corrected chi connectivity index (χ4v) is 7.92. The quantitative estimate of drug-likeness (QED) is 0.0399. The fraction of sp³-hybridized carbons (Fsp3) is 0.383. The van der Waals surface area contributed by atoms with Crippen LogP contribution in [-0.4, -0.2) is 48.7 Å². The summed E-state index contributed by atoms with van der Waals surface area (Å²) in [6.45, 7) is 28.2. The molecule has 1 aromatic heterocycles. The van der Waals surface area contributed by atoms with E-state index in [1.165, 1.54) is 60.6 Å². The van der Waals surface area contributed by atoms with Crippen LogP contribution in [0, 0.1) is 13.8 Å². The number of rotatable bonds is 18. The third-order valence-corrected chi connectivity index (χ3v) is 10.9. The lowest BCUT2D eigenvalue weighted by molar-refractivity contribution is -0.118. The van der Waals surface area contributed by atoms with E-state index in [9.17, 15) is 9.59 Å². The summed E-state index contributed by atoms with van der Waals surface area (Å²) in [5.74, 6) is -0.208. The molecule has 1 aliphatic rings. The molecule has 0 bridgehead atoms. The van der Waals surface area contributed by atoms with E-state index in [-0.39, 0.29) is 11.8 Å². The monoisotopic (exact) mass is 740 g/mol. The number of aliphatic imine (C=N–C) groups is 1. The minimum absolute atomic E-state index is 0.103. The molecular formula is C47H60N6O2. The van der Waals surface area contributed by atoms with Crippen molar-refractivity contribution < 1.29 is 9.59 Å². The van der Waals surface area contributed by atoms with Crippen LogP contribution in [0.2, 0.25) is 0 Å². The molecule has 5 N–H and O–H groups in total. The van der Waals surface area contributed by atoms with Gasteiger partial charge in [0.15, 0.2) is 0 Å². The van der Waals surface area contributed by atoms with Crippen LogP contribution in [0.4, 0.5) is 0 Å². The van der Waals surface area contributed by atoms with Crippen molar-refractivity contribution in [3.8, 4) is 0 Å². The Bertz CT molecular complexity index is 2230. The standard InChI is InChI=1S/C47H60N6O2/c1-11-35-30(7)44(52-32(35)9)43(45-31(8)36(12-2)33(10)53-45)34-19-20-39-40(25-34)42(27-49-22-16-24-51-47(55)29(5)6)38-18-14-13-17-37(38)41(39)26-48-21-15-23-50-46(54)28(3)4/h13-14,17-20,25,48-49,52H,3,5,11-12,15-16,21-24,26-27H2,1-2,4,6-10H3,(H,50,54)(H,51,55)/b45-43-. The maximum absolute atomic E-state index is 12.0. The first-order valence-corrected chi connectivity index (χ1v) is 19.8. The number of aromatic nitrogens is 1. The van der Waals surface area contributed by atoms with Crippen LogP contribution in [0.5, 0.6) is 0 Å². The largest absolute Gasteiger partial charge is 0.358 e. The van der Waals surface area contributed by atoms with Gasteiger partial charge in [-0.05, 0) is 147 Å². The van der Waals surface area contributed by atoms with Gasteiger partial charge in [0.2, 0.25) is 11.8 Å². The van der Waals surface area contributed by atoms with Crippen LogP contribution < -0.4 is 21.3 Å². The second-order valence-electron chi connectivity index (χ2n) is 14.9. The molecule has 0 atom stereocenters. The molecular weight excluding hydrogens is 681 g/mol. The highest BCUT2D eigenvalue weighted by Crippen LogP contribution is 2.41. The third kappa shape index (κ3) is 9.09. The molecule has 0 saturated heterocycles. The predicted molar refractivity (Wildman–Crippen MR) is 232 cm³/mol. The highest BCUT2D eigenvalue weighted by Gasteiger charge is 2.26. The van der Waals surface area contributed by atoms with E-state index in [0.29, 0.717) is 37.3 Å². The van der Waals surface area contributed by atoms with Crippen LogP contribution >= 0.6 is 0 Å². The highest BCUT2D eigenvalue weighted by atomic mass is 16.2. The Kier molecular flexibility index (Phi) is 13.8. The van der Waals surface area contributed by atoms with Gasteiger partial charge in [-0.15, -0.1) is 0 Å². The minimum Gasteiger partial charge on any atom is -0.358 e. The molecule has 4 aromatic rings. The maximum Gasteiger partial charge on any atom is 0.246 e. The van der Waals surface area contributed by atoms with Crippen molar-refractivity contribution in [2.45, 2.75) is 94.2 Å². The molecule has 0 saturated carbocycles. The Balaban J connectivity index is 1.62. The van der Waals surface area contributed by atoms with Crippen molar-refractivity contribution in [1.29, 1.82) is 0 Å². The van der Waals surface area contributed by atoms with Crippen molar-refractivity contribution in [2.24, 2.45) is 4.99 Å². The number of aromatic amines is 1. The molecule has 0 unspecified atom stereocenters. The second-order valence-corrected chi connectivity index (χ2v) is 14.9. The number of benzene rings is 3. The lowest BCUT2D eigenvalue weighted by atomic mass is 9.87. The summed E-state index contributed by atoms with van der Waals surface area (Å²) in [5.41, 5.74) is 15.5. The SMILES string of the molecule is C=C(C)C(=O)NCCCNCc1c2ccccc2c(CNCCCNC(=O)C(=C)C)c2cc(/C(=C3/N=C(C)C(CC)=C3C)c3[nH]c(C)c(CC)c3C)ccc12. The van der Waals surface area contributed by atoms with Crippen LogP contribution in [0.1, 0.15) is 100 Å². The molecule has 8 nitrogen and oxygen atoms in total. The normalized spacial score (nSPS) is 13.8. The van der Waals surface area contributed by atoms with Gasteiger partial charge in [0, 0.05) is 54.3 Å². The Morgan fingerprint density at radius 2 is 1.25 bits per heavy atom. The molecule has 8 heteroatoms. The molecule has 2 amide bonds. The van der Waals surface area contributed by atoms with Gasteiger partial charge >= 0.3 is 0 Å². The van der Waals surface area contributed by atoms with E-state index < -0.39 is 0 Å². The lowest BCUT2D eigenvalue weighted by Crippen LogP contribution is -2.27. The van der Waals surface area contributed by atoms with Gasteiger partial charge in [-0.2, -0.15) is 0 Å². The summed E-state index contributed by atoms with van der Waals surface area (Å²) in [5, 5.41) is 18.1. The topological polar surface area (TPSA) is 110 Å². The van der Waals surface area contributed by atoms with Crippen LogP contribution in [-0.2, 0) is 29.1 Å². The number of aryl methyl sites for hydroxylation is 1. The molecule has 5 rings (SSSR count). The predicted octanol–water partition coefficient (Wildman–Crippen LogP) is 8.80. The number of nitrogens with zero attached hydrogens (tertiary/aromatic N) is 1. The first-order valence-electron chi connectivity index (χ1n) is 19.8. The summed E-state index contributed by atoms with van der Waals surface area (Å²) >= 11 is 0. The molecule has 2 heterocycles. The van der Waals surface area contributed by atoms with Crippen molar-refractivity contribution in [3.63, 3.8) is 0 Å². The van der Waals surface area contributed by atoms with Crippen molar-refractivity contribution in [1.82, 2.24) is 26.3 Å². The number of H-pyrrole nitrogens is 1. The number of fused-ring (bicyclic) bond motifs is 2. The van der Waals surface area contributed by atoms with Gasteiger partial charge in [0.1, 0.15) is 0 Å². The molecule has 0 spiro atoms. The van der Waals surface area contributed by atoms with Crippen molar-refractivity contribution >= 4 is 44.6 Å². The number of hydrogen-bond acceptors (Lipinski definition) is 5. The van der Waals surface area contributed by atoms with Crippen LogP contribution in [0.25, 0.3) is 27.1 Å².